The molecule has 2 N–H and O–H groups in total. The molecule has 1 aliphatic carbocycles. The molecule has 1 unspecified atom stereocenters. The molecule has 4 nitrogen and oxygen atoms in total. The lowest BCUT2D eigenvalue weighted by Crippen LogP contribution is -2.40. The third-order valence-electron chi connectivity index (χ3n) is 3.78. The quantitative estimate of drug-likeness (QED) is 0.447. The van der Waals surface area contributed by atoms with Gasteiger partial charge in [-0.1, -0.05) is 24.3 Å². The van der Waals surface area contributed by atoms with E-state index in [4.69, 9.17) is 0 Å². The standard InChI is InChI=1S/C16H20N4S.HI/c1-11-8-18-15(21-11)10-20-16(17-2)19-9-13-7-12-5-3-4-6-14(12)13;/h3-6,8,13H,7,9-10H2,1-2H3,(H2,17,19,20);1H. The largest absolute Gasteiger partial charge is 0.356 e. The lowest BCUT2D eigenvalue weighted by molar-refractivity contribution is 0.584. The number of fused-ring (bicyclic) bond motifs is 1. The molecule has 1 aliphatic rings. The van der Waals surface area contributed by atoms with E-state index >= 15 is 0 Å². The Balaban J connectivity index is 0.00000176. The van der Waals surface area contributed by atoms with Gasteiger partial charge in [-0.3, -0.25) is 4.99 Å². The Kier molecular flexibility index (Phi) is 6.19. The van der Waals surface area contributed by atoms with Gasteiger partial charge in [0.2, 0.25) is 0 Å². The summed E-state index contributed by atoms with van der Waals surface area (Å²) in [5, 5.41) is 7.81. The number of halogens is 1. The van der Waals surface area contributed by atoms with Gasteiger partial charge in [0, 0.05) is 30.6 Å². The Morgan fingerprint density at radius 1 is 1.36 bits per heavy atom. The van der Waals surface area contributed by atoms with Crippen LogP contribution in [0.4, 0.5) is 0 Å². The summed E-state index contributed by atoms with van der Waals surface area (Å²) in [6.07, 6.45) is 3.06. The van der Waals surface area contributed by atoms with E-state index in [1.54, 1.807) is 18.4 Å². The number of aromatic nitrogens is 1. The van der Waals surface area contributed by atoms with Gasteiger partial charge in [0.1, 0.15) is 5.01 Å². The Morgan fingerprint density at radius 3 is 2.86 bits per heavy atom. The Labute approximate surface area is 152 Å². The lowest BCUT2D eigenvalue weighted by atomic mass is 9.78. The Hall–Kier alpha value is -1.15. The Morgan fingerprint density at radius 2 is 2.18 bits per heavy atom. The van der Waals surface area contributed by atoms with E-state index in [1.807, 2.05) is 6.20 Å². The number of aliphatic imine (C=N–C) groups is 1. The molecule has 6 heteroatoms. The van der Waals surface area contributed by atoms with Gasteiger partial charge in [0.15, 0.2) is 5.96 Å². The molecule has 0 bridgehead atoms. The highest BCUT2D eigenvalue weighted by molar-refractivity contribution is 14.0. The van der Waals surface area contributed by atoms with Crippen molar-refractivity contribution in [2.24, 2.45) is 4.99 Å². The minimum absolute atomic E-state index is 0. The first-order valence-corrected chi connectivity index (χ1v) is 8.01. The number of guanidine groups is 1. The lowest BCUT2D eigenvalue weighted by Gasteiger charge is -2.30. The predicted octanol–water partition coefficient (Wildman–Crippen LogP) is 3.07. The monoisotopic (exact) mass is 428 g/mol. The maximum atomic E-state index is 4.35. The number of hydrogen-bond acceptors (Lipinski definition) is 3. The van der Waals surface area contributed by atoms with Gasteiger partial charge in [-0.25, -0.2) is 4.98 Å². The van der Waals surface area contributed by atoms with Gasteiger partial charge in [0.05, 0.1) is 6.54 Å². The first-order chi connectivity index (χ1) is 10.3. The molecule has 0 radical (unpaired) electrons. The molecule has 1 heterocycles. The van der Waals surface area contributed by atoms with E-state index in [9.17, 15) is 0 Å². The van der Waals surface area contributed by atoms with Crippen molar-refractivity contribution in [2.75, 3.05) is 13.6 Å². The molecule has 0 aliphatic heterocycles. The molecule has 22 heavy (non-hydrogen) atoms. The molecule has 3 rings (SSSR count). The summed E-state index contributed by atoms with van der Waals surface area (Å²) in [7, 11) is 1.80. The first-order valence-electron chi connectivity index (χ1n) is 7.20. The SMILES string of the molecule is CN=C(NCc1ncc(C)s1)NCC1Cc2ccccc21.I. The van der Waals surface area contributed by atoms with E-state index in [1.165, 1.54) is 16.0 Å². The fourth-order valence-electron chi connectivity index (χ4n) is 2.63. The summed E-state index contributed by atoms with van der Waals surface area (Å²) in [5.41, 5.74) is 2.95. The molecular weight excluding hydrogens is 407 g/mol. The van der Waals surface area contributed by atoms with Crippen molar-refractivity contribution in [3.8, 4) is 0 Å². The van der Waals surface area contributed by atoms with Crippen LogP contribution < -0.4 is 10.6 Å². The molecular formula is C16H21IN4S. The van der Waals surface area contributed by atoms with Gasteiger partial charge in [0.25, 0.3) is 0 Å². The zero-order valence-corrected chi connectivity index (χ0v) is 15.9. The van der Waals surface area contributed by atoms with Crippen LogP contribution in [0.25, 0.3) is 0 Å². The molecule has 118 valence electrons. The molecule has 0 saturated carbocycles. The summed E-state index contributed by atoms with van der Waals surface area (Å²) in [4.78, 5) is 9.85. The van der Waals surface area contributed by atoms with Crippen LogP contribution in [0.1, 0.15) is 26.9 Å². The van der Waals surface area contributed by atoms with Gasteiger partial charge >= 0.3 is 0 Å². The predicted molar refractivity (Wildman–Crippen MR) is 103 cm³/mol. The number of thiazole rings is 1. The summed E-state index contributed by atoms with van der Waals surface area (Å²) in [6, 6.07) is 8.66. The molecule has 1 aromatic heterocycles. The normalized spacial score (nSPS) is 16.3. The summed E-state index contributed by atoms with van der Waals surface area (Å²) in [6.45, 7) is 3.72. The van der Waals surface area contributed by atoms with Crippen LogP contribution in [0.2, 0.25) is 0 Å². The van der Waals surface area contributed by atoms with Crippen molar-refractivity contribution < 1.29 is 0 Å². The van der Waals surface area contributed by atoms with E-state index in [-0.39, 0.29) is 24.0 Å². The van der Waals surface area contributed by atoms with Crippen molar-refractivity contribution in [3.05, 3.63) is 51.5 Å². The fraction of sp³-hybridized carbons (Fsp3) is 0.375. The highest BCUT2D eigenvalue weighted by atomic mass is 127. The van der Waals surface area contributed by atoms with Crippen LogP contribution in [0, 0.1) is 6.92 Å². The molecule has 0 spiro atoms. The zero-order valence-electron chi connectivity index (χ0n) is 12.8. The topological polar surface area (TPSA) is 49.3 Å². The maximum absolute atomic E-state index is 4.35. The van der Waals surface area contributed by atoms with Crippen molar-refractivity contribution in [1.82, 2.24) is 15.6 Å². The second-order valence-corrected chi connectivity index (χ2v) is 6.59. The van der Waals surface area contributed by atoms with Crippen LogP contribution in [-0.2, 0) is 13.0 Å². The first kappa shape index (κ1) is 17.2. The smallest absolute Gasteiger partial charge is 0.191 e. The van der Waals surface area contributed by atoms with E-state index < -0.39 is 0 Å². The number of benzene rings is 1. The number of rotatable bonds is 4. The van der Waals surface area contributed by atoms with Crippen LogP contribution in [0.5, 0.6) is 0 Å². The van der Waals surface area contributed by atoms with Crippen LogP contribution in [0.15, 0.2) is 35.5 Å². The molecule has 0 saturated heterocycles. The number of nitrogens with zero attached hydrogens (tertiary/aromatic N) is 2. The van der Waals surface area contributed by atoms with Gasteiger partial charge < -0.3 is 10.6 Å². The molecule has 0 amide bonds. The van der Waals surface area contributed by atoms with Gasteiger partial charge in [-0.15, -0.1) is 35.3 Å². The van der Waals surface area contributed by atoms with Crippen LogP contribution in [-0.4, -0.2) is 24.5 Å². The minimum Gasteiger partial charge on any atom is -0.356 e. The Bertz CT molecular complexity index is 653. The van der Waals surface area contributed by atoms with Gasteiger partial charge in [-0.05, 0) is 24.5 Å². The van der Waals surface area contributed by atoms with E-state index in [0.717, 1.165) is 30.5 Å². The highest BCUT2D eigenvalue weighted by Crippen LogP contribution is 2.33. The summed E-state index contributed by atoms with van der Waals surface area (Å²) >= 11 is 1.71. The van der Waals surface area contributed by atoms with E-state index in [0.29, 0.717) is 5.92 Å². The molecule has 2 aromatic rings. The van der Waals surface area contributed by atoms with Crippen molar-refractivity contribution >= 4 is 41.3 Å². The number of aryl methyl sites for hydroxylation is 1. The van der Waals surface area contributed by atoms with Crippen LogP contribution in [0.3, 0.4) is 0 Å². The molecule has 1 aromatic carbocycles. The maximum Gasteiger partial charge on any atom is 0.191 e. The number of hydrogen-bond donors (Lipinski definition) is 2. The average Bonchev–Trinajstić information content (AvgIpc) is 2.89. The highest BCUT2D eigenvalue weighted by Gasteiger charge is 2.25. The van der Waals surface area contributed by atoms with Crippen molar-refractivity contribution in [2.45, 2.75) is 25.8 Å². The average molecular weight is 428 g/mol. The van der Waals surface area contributed by atoms with Gasteiger partial charge in [-0.2, -0.15) is 0 Å². The summed E-state index contributed by atoms with van der Waals surface area (Å²) < 4.78 is 0. The van der Waals surface area contributed by atoms with E-state index in [2.05, 4.69) is 51.8 Å². The minimum atomic E-state index is 0. The number of nitrogens with one attached hydrogen (secondary N) is 2. The second-order valence-electron chi connectivity index (χ2n) is 5.27. The van der Waals surface area contributed by atoms with Crippen molar-refractivity contribution in [1.29, 1.82) is 0 Å². The molecule has 1 atom stereocenters. The third-order valence-corrected chi connectivity index (χ3v) is 4.69. The third kappa shape index (κ3) is 3.98. The zero-order chi connectivity index (χ0) is 14.7. The fourth-order valence-corrected chi connectivity index (χ4v) is 3.35. The summed E-state index contributed by atoms with van der Waals surface area (Å²) in [5.74, 6) is 1.44. The molecule has 0 fully saturated rings. The second kappa shape index (κ2) is 7.92. The van der Waals surface area contributed by atoms with Crippen LogP contribution >= 0.6 is 35.3 Å². The van der Waals surface area contributed by atoms with Crippen molar-refractivity contribution in [3.63, 3.8) is 0 Å².